The molecule has 0 saturated carbocycles. The van der Waals surface area contributed by atoms with Crippen LogP contribution in [0.1, 0.15) is 33.2 Å². The van der Waals surface area contributed by atoms with Gasteiger partial charge < -0.3 is 5.32 Å². The number of ketones is 1. The van der Waals surface area contributed by atoms with E-state index in [0.29, 0.717) is 16.9 Å². The van der Waals surface area contributed by atoms with Crippen LogP contribution < -0.4 is 10.0 Å². The summed E-state index contributed by atoms with van der Waals surface area (Å²) in [5.74, 6) is -0.588. The number of benzene rings is 3. The lowest BCUT2D eigenvalue weighted by Crippen LogP contribution is -2.16. The van der Waals surface area contributed by atoms with Crippen LogP contribution in [0.4, 0.5) is 11.4 Å². The zero-order valence-electron chi connectivity index (χ0n) is 16.0. The summed E-state index contributed by atoms with van der Waals surface area (Å²) in [7, 11) is -3.86. The lowest BCUT2D eigenvalue weighted by Gasteiger charge is -2.11. The first-order valence-corrected chi connectivity index (χ1v) is 10.4. The van der Waals surface area contributed by atoms with Gasteiger partial charge in [-0.05, 0) is 55.8 Å². The van der Waals surface area contributed by atoms with Crippen LogP contribution in [0.3, 0.4) is 0 Å². The smallest absolute Gasteiger partial charge is 0.261 e. The number of para-hydroxylation sites is 1. The van der Waals surface area contributed by atoms with E-state index in [9.17, 15) is 18.0 Å². The second-order valence-corrected chi connectivity index (χ2v) is 8.22. The molecule has 0 spiro atoms. The molecular weight excluding hydrogens is 388 g/mol. The zero-order chi connectivity index (χ0) is 21.0. The fourth-order valence-corrected chi connectivity index (χ4v) is 3.89. The lowest BCUT2D eigenvalue weighted by atomic mass is 10.1. The maximum Gasteiger partial charge on any atom is 0.261 e. The van der Waals surface area contributed by atoms with E-state index in [1.54, 1.807) is 49.4 Å². The molecule has 0 aliphatic carbocycles. The molecule has 0 aromatic heterocycles. The first-order chi connectivity index (χ1) is 13.8. The molecule has 3 rings (SSSR count). The summed E-state index contributed by atoms with van der Waals surface area (Å²) in [4.78, 5) is 24.0. The SMILES string of the molecule is CC(=O)c1cccc(NC(=O)c2cccc(S(=O)(=O)Nc3ccccc3C)c2)c1. The molecule has 1 amide bonds. The number of aryl methyl sites for hydroxylation is 1. The summed E-state index contributed by atoms with van der Waals surface area (Å²) in [5.41, 5.74) is 2.38. The van der Waals surface area contributed by atoms with Gasteiger partial charge in [0, 0.05) is 16.8 Å². The van der Waals surface area contributed by atoms with E-state index in [0.717, 1.165) is 5.56 Å². The molecule has 3 aromatic rings. The van der Waals surface area contributed by atoms with Crippen LogP contribution in [0.15, 0.2) is 77.7 Å². The van der Waals surface area contributed by atoms with Crippen LogP contribution in [0, 0.1) is 6.92 Å². The Hall–Kier alpha value is -3.45. The van der Waals surface area contributed by atoms with Crippen molar-refractivity contribution in [3.05, 3.63) is 89.5 Å². The van der Waals surface area contributed by atoms with Gasteiger partial charge in [0.05, 0.1) is 10.6 Å². The van der Waals surface area contributed by atoms with Crippen LogP contribution in [-0.4, -0.2) is 20.1 Å². The molecule has 29 heavy (non-hydrogen) atoms. The Balaban J connectivity index is 1.83. The average molecular weight is 408 g/mol. The van der Waals surface area contributed by atoms with E-state index in [1.807, 2.05) is 6.07 Å². The molecule has 0 aliphatic heterocycles. The summed E-state index contributed by atoms with van der Waals surface area (Å²) in [6.45, 7) is 3.24. The summed E-state index contributed by atoms with van der Waals surface area (Å²) in [6.07, 6.45) is 0. The minimum atomic E-state index is -3.86. The predicted molar refractivity (Wildman–Crippen MR) is 113 cm³/mol. The highest BCUT2D eigenvalue weighted by atomic mass is 32.2. The molecule has 0 atom stereocenters. The standard InChI is InChI=1S/C22H20N2O4S/c1-15-7-3-4-12-21(15)24-29(27,28)20-11-6-9-18(14-20)22(26)23-19-10-5-8-17(13-19)16(2)25/h3-14,24H,1-2H3,(H,23,26). The molecule has 2 N–H and O–H groups in total. The van der Waals surface area contributed by atoms with Gasteiger partial charge in [-0.3, -0.25) is 14.3 Å². The first kappa shape index (κ1) is 20.3. The van der Waals surface area contributed by atoms with Crippen LogP contribution in [0.5, 0.6) is 0 Å². The maximum atomic E-state index is 12.7. The minimum absolute atomic E-state index is 0.0223. The number of nitrogens with one attached hydrogen (secondary N) is 2. The summed E-state index contributed by atoms with van der Waals surface area (Å²) < 4.78 is 28.0. The third-order valence-corrected chi connectivity index (χ3v) is 5.69. The van der Waals surface area contributed by atoms with E-state index < -0.39 is 15.9 Å². The van der Waals surface area contributed by atoms with Crippen molar-refractivity contribution in [3.63, 3.8) is 0 Å². The van der Waals surface area contributed by atoms with E-state index >= 15 is 0 Å². The van der Waals surface area contributed by atoms with Crippen molar-refractivity contribution in [2.24, 2.45) is 0 Å². The molecule has 148 valence electrons. The van der Waals surface area contributed by atoms with Gasteiger partial charge in [0.25, 0.3) is 15.9 Å². The van der Waals surface area contributed by atoms with Crippen molar-refractivity contribution in [2.75, 3.05) is 10.0 Å². The molecule has 3 aromatic carbocycles. The van der Waals surface area contributed by atoms with Crippen LogP contribution in [0.2, 0.25) is 0 Å². The minimum Gasteiger partial charge on any atom is -0.322 e. The number of carbonyl (C=O) groups is 2. The molecule has 0 bridgehead atoms. The number of rotatable bonds is 6. The highest BCUT2D eigenvalue weighted by molar-refractivity contribution is 7.92. The zero-order valence-corrected chi connectivity index (χ0v) is 16.8. The molecule has 7 heteroatoms. The van der Waals surface area contributed by atoms with Crippen molar-refractivity contribution in [1.29, 1.82) is 0 Å². The van der Waals surface area contributed by atoms with Gasteiger partial charge in [0.15, 0.2) is 5.78 Å². The van der Waals surface area contributed by atoms with Crippen LogP contribution >= 0.6 is 0 Å². The first-order valence-electron chi connectivity index (χ1n) is 8.87. The summed E-state index contributed by atoms with van der Waals surface area (Å²) in [6, 6.07) is 19.3. The number of Topliss-reactive ketones (excluding diaryl/α,β-unsaturated/α-hetero) is 1. The van der Waals surface area contributed by atoms with Crippen LogP contribution in [-0.2, 0) is 10.0 Å². The van der Waals surface area contributed by atoms with Gasteiger partial charge in [0.1, 0.15) is 0 Å². The largest absolute Gasteiger partial charge is 0.322 e. The van der Waals surface area contributed by atoms with Gasteiger partial charge in [-0.15, -0.1) is 0 Å². The molecule has 0 fully saturated rings. The molecule has 0 heterocycles. The third-order valence-electron chi connectivity index (χ3n) is 4.32. The third kappa shape index (κ3) is 4.89. The Morgan fingerprint density at radius 1 is 0.828 bits per heavy atom. The number of anilines is 2. The van der Waals surface area contributed by atoms with Gasteiger partial charge in [-0.1, -0.05) is 36.4 Å². The fraction of sp³-hybridized carbons (Fsp3) is 0.0909. The Kier molecular flexibility index (Phi) is 5.79. The number of hydrogen-bond acceptors (Lipinski definition) is 4. The monoisotopic (exact) mass is 408 g/mol. The molecular formula is C22H20N2O4S. The summed E-state index contributed by atoms with van der Waals surface area (Å²) in [5, 5.41) is 2.68. The number of amides is 1. The fourth-order valence-electron chi connectivity index (χ4n) is 2.71. The van der Waals surface area contributed by atoms with Crippen molar-refractivity contribution < 1.29 is 18.0 Å². The Bertz CT molecular complexity index is 1190. The van der Waals surface area contributed by atoms with E-state index in [1.165, 1.54) is 31.2 Å². The second-order valence-electron chi connectivity index (χ2n) is 6.54. The van der Waals surface area contributed by atoms with Gasteiger partial charge in [-0.2, -0.15) is 0 Å². The van der Waals surface area contributed by atoms with Crippen molar-refractivity contribution in [3.8, 4) is 0 Å². The molecule has 0 aliphatic rings. The number of sulfonamides is 1. The highest BCUT2D eigenvalue weighted by Gasteiger charge is 2.17. The molecule has 0 unspecified atom stereocenters. The average Bonchev–Trinajstić information content (AvgIpc) is 2.70. The lowest BCUT2D eigenvalue weighted by molar-refractivity contribution is 0.101. The Labute approximate surface area is 169 Å². The molecule has 0 radical (unpaired) electrons. The summed E-state index contributed by atoms with van der Waals surface area (Å²) >= 11 is 0. The topological polar surface area (TPSA) is 92.3 Å². The maximum absolute atomic E-state index is 12.7. The molecule has 0 saturated heterocycles. The second kappa shape index (κ2) is 8.28. The molecule has 6 nitrogen and oxygen atoms in total. The number of hydrogen-bond donors (Lipinski definition) is 2. The van der Waals surface area contributed by atoms with Gasteiger partial charge >= 0.3 is 0 Å². The van der Waals surface area contributed by atoms with E-state index in [2.05, 4.69) is 10.0 Å². The quantitative estimate of drug-likeness (QED) is 0.597. The van der Waals surface area contributed by atoms with Gasteiger partial charge in [0.2, 0.25) is 0 Å². The van der Waals surface area contributed by atoms with Gasteiger partial charge in [-0.25, -0.2) is 8.42 Å². The van der Waals surface area contributed by atoms with E-state index in [4.69, 9.17) is 0 Å². The Morgan fingerprint density at radius 3 is 2.24 bits per heavy atom. The normalized spacial score (nSPS) is 11.0. The van der Waals surface area contributed by atoms with Crippen LogP contribution in [0.25, 0.3) is 0 Å². The van der Waals surface area contributed by atoms with Crippen molar-refractivity contribution in [2.45, 2.75) is 18.7 Å². The Morgan fingerprint density at radius 2 is 1.52 bits per heavy atom. The van der Waals surface area contributed by atoms with E-state index in [-0.39, 0.29) is 16.2 Å². The highest BCUT2D eigenvalue weighted by Crippen LogP contribution is 2.20. The van der Waals surface area contributed by atoms with Crippen molar-refractivity contribution >= 4 is 33.1 Å². The number of carbonyl (C=O) groups excluding carboxylic acids is 2. The van der Waals surface area contributed by atoms with Crippen molar-refractivity contribution in [1.82, 2.24) is 0 Å². The predicted octanol–water partition coefficient (Wildman–Crippen LogP) is 4.25.